The van der Waals surface area contributed by atoms with Gasteiger partial charge >= 0.3 is 0 Å². The van der Waals surface area contributed by atoms with Crippen LogP contribution in [-0.2, 0) is 0 Å². The van der Waals surface area contributed by atoms with Crippen molar-refractivity contribution in [1.29, 1.82) is 0 Å². The molecule has 0 bridgehead atoms. The first-order valence-corrected chi connectivity index (χ1v) is 9.05. The summed E-state index contributed by atoms with van der Waals surface area (Å²) in [6.45, 7) is 4.04. The Bertz CT molecular complexity index is 730. The normalized spacial score (nSPS) is 12.2. The standard InChI is InChI=1S/C21H28N4O2/c1-16(17-7-5-4-6-8-17)15-25-21(22-2)24-14-13-23-20(26)18-9-11-19(27-3)12-10-18/h4-12,16H,13-15H2,1-3H3,(H,23,26)(H2,22,24,25). The quantitative estimate of drug-likeness (QED) is 0.380. The molecule has 2 aromatic carbocycles. The van der Waals surface area contributed by atoms with Crippen LogP contribution in [-0.4, -0.2) is 45.7 Å². The van der Waals surface area contributed by atoms with Crippen molar-refractivity contribution >= 4 is 11.9 Å². The number of hydrogen-bond acceptors (Lipinski definition) is 3. The first-order valence-electron chi connectivity index (χ1n) is 9.05. The van der Waals surface area contributed by atoms with E-state index in [1.54, 1.807) is 38.4 Å². The third-order valence-electron chi connectivity index (χ3n) is 4.22. The molecule has 0 aromatic heterocycles. The molecule has 27 heavy (non-hydrogen) atoms. The number of amides is 1. The molecule has 2 aromatic rings. The lowest BCUT2D eigenvalue weighted by Gasteiger charge is -2.16. The van der Waals surface area contributed by atoms with E-state index in [1.807, 2.05) is 18.2 Å². The fourth-order valence-electron chi connectivity index (χ4n) is 2.57. The largest absolute Gasteiger partial charge is 0.497 e. The van der Waals surface area contributed by atoms with E-state index >= 15 is 0 Å². The zero-order valence-corrected chi connectivity index (χ0v) is 16.2. The minimum absolute atomic E-state index is 0.111. The van der Waals surface area contributed by atoms with E-state index in [0.717, 1.165) is 18.3 Å². The van der Waals surface area contributed by atoms with Crippen LogP contribution in [0, 0.1) is 0 Å². The number of methoxy groups -OCH3 is 1. The number of hydrogen-bond donors (Lipinski definition) is 3. The third-order valence-corrected chi connectivity index (χ3v) is 4.22. The Morgan fingerprint density at radius 1 is 1.00 bits per heavy atom. The minimum Gasteiger partial charge on any atom is -0.497 e. The predicted octanol–water partition coefficient (Wildman–Crippen LogP) is 2.39. The fourth-order valence-corrected chi connectivity index (χ4v) is 2.57. The van der Waals surface area contributed by atoms with E-state index < -0.39 is 0 Å². The molecule has 1 amide bonds. The molecule has 144 valence electrons. The molecule has 6 nitrogen and oxygen atoms in total. The number of aliphatic imine (C=N–C) groups is 1. The SMILES string of the molecule is CN=C(NCCNC(=O)c1ccc(OC)cc1)NCC(C)c1ccccc1. The summed E-state index contributed by atoms with van der Waals surface area (Å²) in [6.07, 6.45) is 0. The minimum atomic E-state index is -0.111. The molecule has 0 aliphatic carbocycles. The van der Waals surface area contributed by atoms with Crippen LogP contribution in [0.2, 0.25) is 0 Å². The van der Waals surface area contributed by atoms with E-state index in [0.29, 0.717) is 24.6 Å². The topological polar surface area (TPSA) is 74.8 Å². The first kappa shape index (κ1) is 20.3. The highest BCUT2D eigenvalue weighted by molar-refractivity contribution is 5.94. The lowest BCUT2D eigenvalue weighted by molar-refractivity contribution is 0.0954. The molecule has 0 aliphatic heterocycles. The van der Waals surface area contributed by atoms with Gasteiger partial charge in [0, 0.05) is 32.2 Å². The van der Waals surface area contributed by atoms with E-state index in [4.69, 9.17) is 4.74 Å². The van der Waals surface area contributed by atoms with Crippen molar-refractivity contribution in [2.75, 3.05) is 33.8 Å². The van der Waals surface area contributed by atoms with Gasteiger partial charge in [-0.2, -0.15) is 0 Å². The maximum Gasteiger partial charge on any atom is 0.251 e. The van der Waals surface area contributed by atoms with Crippen molar-refractivity contribution in [3.05, 3.63) is 65.7 Å². The average Bonchev–Trinajstić information content (AvgIpc) is 2.73. The van der Waals surface area contributed by atoms with Gasteiger partial charge in [0.05, 0.1) is 7.11 Å². The lowest BCUT2D eigenvalue weighted by Crippen LogP contribution is -2.42. The van der Waals surface area contributed by atoms with Crippen molar-refractivity contribution < 1.29 is 9.53 Å². The van der Waals surface area contributed by atoms with Gasteiger partial charge in [0.25, 0.3) is 5.91 Å². The smallest absolute Gasteiger partial charge is 0.251 e. The number of benzene rings is 2. The highest BCUT2D eigenvalue weighted by atomic mass is 16.5. The van der Waals surface area contributed by atoms with Crippen LogP contribution >= 0.6 is 0 Å². The Morgan fingerprint density at radius 3 is 2.30 bits per heavy atom. The Labute approximate surface area is 161 Å². The number of nitrogens with zero attached hydrogens (tertiary/aromatic N) is 1. The molecule has 1 atom stereocenters. The van der Waals surface area contributed by atoms with Gasteiger partial charge in [0.1, 0.15) is 5.75 Å². The molecule has 0 aliphatic rings. The molecular weight excluding hydrogens is 340 g/mol. The molecule has 0 radical (unpaired) electrons. The van der Waals surface area contributed by atoms with Crippen LogP contribution in [0.4, 0.5) is 0 Å². The van der Waals surface area contributed by atoms with Crippen molar-refractivity contribution in [2.24, 2.45) is 4.99 Å². The van der Waals surface area contributed by atoms with Gasteiger partial charge in [-0.05, 0) is 35.7 Å². The van der Waals surface area contributed by atoms with E-state index in [-0.39, 0.29) is 5.91 Å². The van der Waals surface area contributed by atoms with Gasteiger partial charge in [-0.3, -0.25) is 9.79 Å². The van der Waals surface area contributed by atoms with Gasteiger partial charge in [0.2, 0.25) is 0 Å². The van der Waals surface area contributed by atoms with Gasteiger partial charge in [-0.25, -0.2) is 0 Å². The molecule has 0 spiro atoms. The highest BCUT2D eigenvalue weighted by Crippen LogP contribution is 2.13. The van der Waals surface area contributed by atoms with E-state index in [2.05, 4.69) is 40.0 Å². The Hall–Kier alpha value is -3.02. The van der Waals surface area contributed by atoms with Crippen LogP contribution in [0.1, 0.15) is 28.8 Å². The zero-order valence-electron chi connectivity index (χ0n) is 16.2. The fraction of sp³-hybridized carbons (Fsp3) is 0.333. The molecule has 0 fully saturated rings. The summed E-state index contributed by atoms with van der Waals surface area (Å²) in [7, 11) is 3.33. The summed E-state index contributed by atoms with van der Waals surface area (Å²) in [5, 5.41) is 9.40. The second-order valence-corrected chi connectivity index (χ2v) is 6.18. The van der Waals surface area contributed by atoms with Crippen LogP contribution in [0.25, 0.3) is 0 Å². The average molecular weight is 368 g/mol. The van der Waals surface area contributed by atoms with Crippen molar-refractivity contribution in [3.8, 4) is 5.75 Å². The summed E-state index contributed by atoms with van der Waals surface area (Å²) in [5.74, 6) is 1.71. The van der Waals surface area contributed by atoms with Crippen molar-refractivity contribution in [3.63, 3.8) is 0 Å². The van der Waals surface area contributed by atoms with E-state index in [1.165, 1.54) is 5.56 Å². The van der Waals surface area contributed by atoms with Crippen LogP contribution in [0.5, 0.6) is 5.75 Å². The summed E-state index contributed by atoms with van der Waals surface area (Å²) in [5.41, 5.74) is 1.89. The summed E-state index contributed by atoms with van der Waals surface area (Å²) >= 11 is 0. The number of rotatable bonds is 8. The molecular formula is C21H28N4O2. The maximum absolute atomic E-state index is 12.1. The lowest BCUT2D eigenvalue weighted by atomic mass is 10.0. The maximum atomic E-state index is 12.1. The molecule has 1 unspecified atom stereocenters. The van der Waals surface area contributed by atoms with Gasteiger partial charge < -0.3 is 20.7 Å². The predicted molar refractivity (Wildman–Crippen MR) is 110 cm³/mol. The van der Waals surface area contributed by atoms with E-state index in [9.17, 15) is 4.79 Å². The molecule has 0 saturated carbocycles. The molecule has 0 heterocycles. The highest BCUT2D eigenvalue weighted by Gasteiger charge is 2.07. The van der Waals surface area contributed by atoms with Crippen LogP contribution < -0.4 is 20.7 Å². The Morgan fingerprint density at radius 2 is 1.67 bits per heavy atom. The number of carbonyl (C=O) groups is 1. The number of ether oxygens (including phenoxy) is 1. The molecule has 2 rings (SSSR count). The van der Waals surface area contributed by atoms with Crippen molar-refractivity contribution in [2.45, 2.75) is 12.8 Å². The second-order valence-electron chi connectivity index (χ2n) is 6.18. The molecule has 6 heteroatoms. The number of guanidine groups is 1. The van der Waals surface area contributed by atoms with Crippen LogP contribution in [0.15, 0.2) is 59.6 Å². The number of nitrogens with one attached hydrogen (secondary N) is 3. The zero-order chi connectivity index (χ0) is 19.5. The van der Waals surface area contributed by atoms with Gasteiger partial charge in [0.15, 0.2) is 5.96 Å². The van der Waals surface area contributed by atoms with Gasteiger partial charge in [-0.15, -0.1) is 0 Å². The summed E-state index contributed by atoms with van der Waals surface area (Å²) in [4.78, 5) is 16.3. The molecule has 3 N–H and O–H groups in total. The Balaban J connectivity index is 1.69. The van der Waals surface area contributed by atoms with Gasteiger partial charge in [-0.1, -0.05) is 37.3 Å². The summed E-state index contributed by atoms with van der Waals surface area (Å²) in [6, 6.07) is 17.4. The van der Waals surface area contributed by atoms with Crippen molar-refractivity contribution in [1.82, 2.24) is 16.0 Å². The second kappa shape index (κ2) is 10.9. The Kier molecular flexibility index (Phi) is 8.16. The third kappa shape index (κ3) is 6.66. The number of carbonyl (C=O) groups excluding carboxylic acids is 1. The first-order chi connectivity index (χ1) is 13.1. The monoisotopic (exact) mass is 368 g/mol. The van der Waals surface area contributed by atoms with Crippen LogP contribution in [0.3, 0.4) is 0 Å². The molecule has 0 saturated heterocycles. The summed E-state index contributed by atoms with van der Waals surface area (Å²) < 4.78 is 5.09.